The minimum Gasteiger partial charge on any atom is -0.351 e. The Bertz CT molecular complexity index is 913. The van der Waals surface area contributed by atoms with Crippen molar-refractivity contribution in [3.05, 3.63) is 53.5 Å². The number of piperidine rings is 1. The van der Waals surface area contributed by atoms with Gasteiger partial charge in [-0.15, -0.1) is 11.3 Å². The smallest absolute Gasteiger partial charge is 0.261 e. The molecule has 1 amide bonds. The molecule has 142 valence electrons. The molecule has 1 atom stereocenters. The Balaban J connectivity index is 1.32. The number of likely N-dealkylation sites (tertiary alicyclic amines) is 1. The maximum atomic E-state index is 12.5. The second kappa shape index (κ2) is 8.28. The molecule has 27 heavy (non-hydrogen) atoms. The number of carbonyl (C=O) groups is 1. The third kappa shape index (κ3) is 4.09. The van der Waals surface area contributed by atoms with Gasteiger partial charge >= 0.3 is 0 Å². The summed E-state index contributed by atoms with van der Waals surface area (Å²) in [4.78, 5) is 15.8. The van der Waals surface area contributed by atoms with Crippen LogP contribution in [0.2, 0.25) is 0 Å². The Labute approximate surface area is 164 Å². The monoisotopic (exact) mass is 381 g/mol. The molecular weight excluding hydrogens is 354 g/mol. The first-order chi connectivity index (χ1) is 13.2. The minimum absolute atomic E-state index is 0.0365. The first-order valence-electron chi connectivity index (χ1n) is 9.91. The molecule has 1 fully saturated rings. The number of para-hydroxylation sites is 1. The van der Waals surface area contributed by atoms with E-state index in [2.05, 4.69) is 46.1 Å². The summed E-state index contributed by atoms with van der Waals surface area (Å²) in [6.07, 6.45) is 7.04. The van der Waals surface area contributed by atoms with E-state index in [1.807, 2.05) is 24.3 Å². The summed E-state index contributed by atoms with van der Waals surface area (Å²) < 4.78 is 2.15. The average Bonchev–Trinajstić information content (AvgIpc) is 3.33. The fraction of sp³-hybridized carbons (Fsp3) is 0.409. The number of benzene rings is 1. The van der Waals surface area contributed by atoms with Crippen LogP contribution in [0, 0.1) is 0 Å². The van der Waals surface area contributed by atoms with Gasteiger partial charge in [-0.1, -0.05) is 24.6 Å². The van der Waals surface area contributed by atoms with E-state index >= 15 is 0 Å². The number of hydrogen-bond donors (Lipinski definition) is 1. The molecule has 0 unspecified atom stereocenters. The fourth-order valence-electron chi connectivity index (χ4n) is 3.92. The largest absolute Gasteiger partial charge is 0.351 e. The molecule has 4 rings (SSSR count). The van der Waals surface area contributed by atoms with Gasteiger partial charge in [0.25, 0.3) is 5.91 Å². The van der Waals surface area contributed by atoms with Crippen LogP contribution in [0.1, 0.15) is 42.3 Å². The minimum atomic E-state index is 0.0365. The van der Waals surface area contributed by atoms with Crippen LogP contribution in [0.3, 0.4) is 0 Å². The van der Waals surface area contributed by atoms with Crippen LogP contribution in [0.25, 0.3) is 15.9 Å². The molecule has 1 N–H and O–H groups in total. The summed E-state index contributed by atoms with van der Waals surface area (Å²) in [6.45, 7) is 5.33. The zero-order valence-corrected chi connectivity index (χ0v) is 16.7. The summed E-state index contributed by atoms with van der Waals surface area (Å²) in [5.74, 6) is 0.0365. The highest BCUT2D eigenvalue weighted by molar-refractivity contribution is 7.16. The molecule has 1 aliphatic rings. The van der Waals surface area contributed by atoms with Crippen molar-refractivity contribution in [1.29, 1.82) is 0 Å². The first-order valence-corrected chi connectivity index (χ1v) is 10.7. The van der Waals surface area contributed by atoms with E-state index in [0.717, 1.165) is 29.4 Å². The van der Waals surface area contributed by atoms with E-state index in [1.165, 1.54) is 36.7 Å². The summed E-state index contributed by atoms with van der Waals surface area (Å²) in [7, 11) is 0. The first kappa shape index (κ1) is 18.3. The lowest BCUT2D eigenvalue weighted by molar-refractivity contribution is 0.0953. The van der Waals surface area contributed by atoms with Crippen LogP contribution in [0.4, 0.5) is 0 Å². The number of carbonyl (C=O) groups excluding carboxylic acids is 1. The highest BCUT2D eigenvalue weighted by atomic mass is 32.1. The van der Waals surface area contributed by atoms with Crippen molar-refractivity contribution < 1.29 is 4.79 Å². The molecule has 2 aromatic heterocycles. The molecule has 5 heteroatoms. The van der Waals surface area contributed by atoms with Gasteiger partial charge in [0, 0.05) is 25.3 Å². The van der Waals surface area contributed by atoms with E-state index < -0.39 is 0 Å². The second-order valence-electron chi connectivity index (χ2n) is 7.37. The molecular formula is C22H27N3OS. The number of nitrogens with zero attached hydrogens (tertiary/aromatic N) is 2. The molecule has 1 saturated heterocycles. The van der Waals surface area contributed by atoms with Gasteiger partial charge in [-0.3, -0.25) is 4.79 Å². The van der Waals surface area contributed by atoms with Gasteiger partial charge in [0.1, 0.15) is 5.00 Å². The van der Waals surface area contributed by atoms with Crippen molar-refractivity contribution in [3.8, 4) is 5.00 Å². The van der Waals surface area contributed by atoms with Gasteiger partial charge in [-0.2, -0.15) is 0 Å². The SMILES string of the molecule is C[C@H]1CCCCN1CCCNC(=O)c1ccc(-n2ccc3ccccc32)s1. The number of aromatic nitrogens is 1. The van der Waals surface area contributed by atoms with E-state index in [9.17, 15) is 4.79 Å². The van der Waals surface area contributed by atoms with Gasteiger partial charge in [0.15, 0.2) is 0 Å². The highest BCUT2D eigenvalue weighted by Gasteiger charge is 2.17. The third-order valence-corrected chi connectivity index (χ3v) is 6.58. The topological polar surface area (TPSA) is 37.3 Å². The van der Waals surface area contributed by atoms with E-state index in [0.29, 0.717) is 6.04 Å². The van der Waals surface area contributed by atoms with Gasteiger partial charge in [-0.05, 0) is 62.4 Å². The lowest BCUT2D eigenvalue weighted by Gasteiger charge is -2.33. The maximum absolute atomic E-state index is 12.5. The van der Waals surface area contributed by atoms with Crippen molar-refractivity contribution in [1.82, 2.24) is 14.8 Å². The average molecular weight is 382 g/mol. The summed E-state index contributed by atoms with van der Waals surface area (Å²) in [5, 5.41) is 5.37. The number of amides is 1. The Morgan fingerprint density at radius 1 is 1.19 bits per heavy atom. The standard InChI is InChI=1S/C22H27N3OS/c1-17-7-4-5-14-24(17)15-6-13-23-22(26)20-10-11-21(27-20)25-16-12-18-8-2-3-9-19(18)25/h2-3,8-12,16-17H,4-7,13-15H2,1H3,(H,23,26)/t17-/m0/s1. The van der Waals surface area contributed by atoms with Gasteiger partial charge < -0.3 is 14.8 Å². The molecule has 1 aromatic carbocycles. The predicted molar refractivity (Wildman–Crippen MR) is 113 cm³/mol. The molecule has 1 aliphatic heterocycles. The van der Waals surface area contributed by atoms with Crippen LogP contribution in [0.15, 0.2) is 48.7 Å². The number of rotatable bonds is 6. The normalized spacial score (nSPS) is 18.0. The Morgan fingerprint density at radius 3 is 2.96 bits per heavy atom. The van der Waals surface area contributed by atoms with Crippen molar-refractivity contribution in [2.45, 2.75) is 38.6 Å². The second-order valence-corrected chi connectivity index (χ2v) is 8.43. The number of fused-ring (bicyclic) bond motifs is 1. The zero-order valence-electron chi connectivity index (χ0n) is 15.9. The van der Waals surface area contributed by atoms with Crippen molar-refractivity contribution in [2.75, 3.05) is 19.6 Å². The Morgan fingerprint density at radius 2 is 2.07 bits per heavy atom. The molecule has 4 nitrogen and oxygen atoms in total. The molecule has 0 radical (unpaired) electrons. The van der Waals surface area contributed by atoms with Crippen LogP contribution < -0.4 is 5.32 Å². The highest BCUT2D eigenvalue weighted by Crippen LogP contribution is 2.26. The zero-order chi connectivity index (χ0) is 18.6. The summed E-state index contributed by atoms with van der Waals surface area (Å²) >= 11 is 1.54. The third-order valence-electron chi connectivity index (χ3n) is 5.50. The van der Waals surface area contributed by atoms with E-state index in [-0.39, 0.29) is 5.91 Å². The van der Waals surface area contributed by atoms with Crippen LogP contribution in [0.5, 0.6) is 0 Å². The molecule has 3 aromatic rings. The van der Waals surface area contributed by atoms with E-state index in [1.54, 1.807) is 11.3 Å². The molecule has 3 heterocycles. The summed E-state index contributed by atoms with van der Waals surface area (Å²) in [6, 6.07) is 15.1. The number of nitrogens with one attached hydrogen (secondary N) is 1. The molecule has 0 spiro atoms. The lowest BCUT2D eigenvalue weighted by Crippen LogP contribution is -2.39. The van der Waals surface area contributed by atoms with Crippen molar-refractivity contribution in [2.24, 2.45) is 0 Å². The molecule has 0 saturated carbocycles. The fourth-order valence-corrected chi connectivity index (χ4v) is 4.84. The number of hydrogen-bond acceptors (Lipinski definition) is 3. The molecule has 0 bridgehead atoms. The lowest BCUT2D eigenvalue weighted by atomic mass is 10.0. The van der Waals surface area contributed by atoms with Crippen LogP contribution in [-0.4, -0.2) is 41.1 Å². The summed E-state index contributed by atoms with van der Waals surface area (Å²) in [5.41, 5.74) is 1.17. The maximum Gasteiger partial charge on any atom is 0.261 e. The van der Waals surface area contributed by atoms with Crippen molar-refractivity contribution >= 4 is 28.1 Å². The molecule has 0 aliphatic carbocycles. The van der Waals surface area contributed by atoms with Gasteiger partial charge in [0.2, 0.25) is 0 Å². The Hall–Kier alpha value is -2.11. The quantitative estimate of drug-likeness (QED) is 0.629. The number of thiophene rings is 1. The van der Waals surface area contributed by atoms with Crippen molar-refractivity contribution in [3.63, 3.8) is 0 Å². The predicted octanol–water partition coefficient (Wildman–Crippen LogP) is 4.69. The van der Waals surface area contributed by atoms with Gasteiger partial charge in [0.05, 0.1) is 10.4 Å². The van der Waals surface area contributed by atoms with E-state index in [4.69, 9.17) is 0 Å². The van der Waals surface area contributed by atoms with Crippen LogP contribution in [-0.2, 0) is 0 Å². The van der Waals surface area contributed by atoms with Crippen LogP contribution >= 0.6 is 11.3 Å². The Kier molecular flexibility index (Phi) is 5.60. The van der Waals surface area contributed by atoms with Gasteiger partial charge in [-0.25, -0.2) is 0 Å².